The topological polar surface area (TPSA) is 46.0 Å². The smallest absolute Gasteiger partial charge is 0.216 e. The van der Waals surface area contributed by atoms with Crippen LogP contribution in [0.1, 0.15) is 11.1 Å². The van der Waals surface area contributed by atoms with Gasteiger partial charge in [0.05, 0.1) is 6.21 Å². The molecule has 0 aliphatic carbocycles. The predicted molar refractivity (Wildman–Crippen MR) is 92.0 cm³/mol. The van der Waals surface area contributed by atoms with Gasteiger partial charge in [0, 0.05) is 10.6 Å². The van der Waals surface area contributed by atoms with Crippen LogP contribution in [0.4, 0.5) is 0 Å². The molecule has 110 valence electrons. The van der Waals surface area contributed by atoms with Crippen LogP contribution in [0.3, 0.4) is 0 Å². The van der Waals surface area contributed by atoms with Gasteiger partial charge in [0.1, 0.15) is 0 Å². The van der Waals surface area contributed by atoms with Crippen LogP contribution in [0.2, 0.25) is 5.02 Å². The second kappa shape index (κ2) is 6.25. The molecule has 2 aromatic carbocycles. The highest BCUT2D eigenvalue weighted by atomic mass is 35.5. The molecule has 0 saturated carbocycles. The van der Waals surface area contributed by atoms with Gasteiger partial charge < -0.3 is 0 Å². The normalized spacial score (nSPS) is 11.2. The molecule has 0 unspecified atom stereocenters. The van der Waals surface area contributed by atoms with Crippen molar-refractivity contribution in [2.45, 2.75) is 6.92 Å². The number of halogens is 1. The lowest BCUT2D eigenvalue weighted by molar-refractivity contribution is 0.871. The number of aromatic amines is 1. The van der Waals surface area contributed by atoms with Crippen LogP contribution in [-0.4, -0.2) is 21.1 Å². The first-order chi connectivity index (χ1) is 10.6. The van der Waals surface area contributed by atoms with Crippen molar-refractivity contribution >= 4 is 30.0 Å². The van der Waals surface area contributed by atoms with Gasteiger partial charge in [0.25, 0.3) is 0 Å². The van der Waals surface area contributed by atoms with Crippen molar-refractivity contribution < 1.29 is 0 Å². The Morgan fingerprint density at radius 2 is 2.05 bits per heavy atom. The molecule has 1 N–H and O–H groups in total. The van der Waals surface area contributed by atoms with Crippen LogP contribution in [0.25, 0.3) is 11.4 Å². The molecule has 0 spiro atoms. The summed E-state index contributed by atoms with van der Waals surface area (Å²) in [7, 11) is 0. The average molecular weight is 329 g/mol. The lowest BCUT2D eigenvalue weighted by atomic mass is 10.1. The molecule has 0 saturated heterocycles. The van der Waals surface area contributed by atoms with E-state index < -0.39 is 0 Å². The Kier molecular flexibility index (Phi) is 4.18. The Bertz CT molecular complexity index is 895. The zero-order chi connectivity index (χ0) is 15.5. The summed E-state index contributed by atoms with van der Waals surface area (Å²) in [5.74, 6) is 0.682. The Morgan fingerprint density at radius 1 is 1.23 bits per heavy atom. The number of aromatic nitrogens is 3. The maximum Gasteiger partial charge on any atom is 0.216 e. The highest BCUT2D eigenvalue weighted by Gasteiger charge is 2.09. The Labute approximate surface area is 138 Å². The van der Waals surface area contributed by atoms with Gasteiger partial charge in [-0.2, -0.15) is 14.9 Å². The molecule has 0 radical (unpaired) electrons. The zero-order valence-corrected chi connectivity index (χ0v) is 13.4. The summed E-state index contributed by atoms with van der Waals surface area (Å²) < 4.78 is 2.05. The number of nitrogens with zero attached hydrogens (tertiary/aromatic N) is 3. The summed E-state index contributed by atoms with van der Waals surface area (Å²) in [5.41, 5.74) is 2.99. The number of aryl methyl sites for hydroxylation is 1. The fraction of sp³-hybridized carbons (Fsp3) is 0.0625. The molecule has 1 heterocycles. The SMILES string of the molecule is Cc1ccccc1-c1n[nH]c(=S)n1/N=C\c1cccc(Cl)c1. The average Bonchev–Trinajstić information content (AvgIpc) is 2.87. The molecule has 3 aromatic rings. The van der Waals surface area contributed by atoms with Gasteiger partial charge in [-0.25, -0.2) is 5.10 Å². The molecule has 3 rings (SSSR count). The number of nitrogens with one attached hydrogen (secondary N) is 1. The van der Waals surface area contributed by atoms with Crippen molar-refractivity contribution in [3.8, 4) is 11.4 Å². The second-order valence-electron chi connectivity index (χ2n) is 4.78. The van der Waals surface area contributed by atoms with E-state index in [0.717, 1.165) is 16.7 Å². The van der Waals surface area contributed by atoms with Gasteiger partial charge in [0.15, 0.2) is 5.82 Å². The van der Waals surface area contributed by atoms with E-state index in [-0.39, 0.29) is 0 Å². The van der Waals surface area contributed by atoms with E-state index in [1.807, 2.05) is 55.5 Å². The van der Waals surface area contributed by atoms with Gasteiger partial charge in [-0.3, -0.25) is 0 Å². The molecule has 0 fully saturated rings. The van der Waals surface area contributed by atoms with Crippen molar-refractivity contribution in [2.24, 2.45) is 5.10 Å². The lowest BCUT2D eigenvalue weighted by Crippen LogP contribution is -1.96. The summed E-state index contributed by atoms with van der Waals surface area (Å²) in [6.07, 6.45) is 1.71. The molecule has 0 atom stereocenters. The van der Waals surface area contributed by atoms with Gasteiger partial charge in [-0.15, -0.1) is 0 Å². The fourth-order valence-electron chi connectivity index (χ4n) is 2.11. The number of hydrogen-bond acceptors (Lipinski definition) is 3. The maximum absolute atomic E-state index is 5.98. The molecule has 4 nitrogen and oxygen atoms in total. The largest absolute Gasteiger partial charge is 0.250 e. The Balaban J connectivity index is 2.04. The van der Waals surface area contributed by atoms with E-state index in [4.69, 9.17) is 23.8 Å². The highest BCUT2D eigenvalue weighted by molar-refractivity contribution is 7.71. The van der Waals surface area contributed by atoms with E-state index in [9.17, 15) is 0 Å². The molecule has 0 aliphatic heterocycles. The van der Waals surface area contributed by atoms with Crippen LogP contribution in [-0.2, 0) is 0 Å². The standard InChI is InChI=1S/C16H13ClN4S/c1-11-5-2-3-8-14(11)15-19-20-16(22)21(15)18-10-12-6-4-7-13(17)9-12/h2-10H,1H3,(H,20,22)/b18-10-. The van der Waals surface area contributed by atoms with Crippen LogP contribution in [0, 0.1) is 11.7 Å². The molecule has 1 aromatic heterocycles. The summed E-state index contributed by atoms with van der Waals surface area (Å²) in [5, 5.41) is 12.2. The molecular weight excluding hydrogens is 316 g/mol. The number of H-pyrrole nitrogens is 1. The van der Waals surface area contributed by atoms with Crippen molar-refractivity contribution in [2.75, 3.05) is 0 Å². The van der Waals surface area contributed by atoms with Crippen LogP contribution in [0.5, 0.6) is 0 Å². The minimum Gasteiger partial charge on any atom is -0.250 e. The fourth-order valence-corrected chi connectivity index (χ4v) is 2.49. The van der Waals surface area contributed by atoms with Gasteiger partial charge in [0.2, 0.25) is 4.77 Å². The second-order valence-corrected chi connectivity index (χ2v) is 5.60. The third-order valence-corrected chi connectivity index (χ3v) is 3.71. The molecular formula is C16H13ClN4S. The van der Waals surface area contributed by atoms with Crippen molar-refractivity contribution in [1.82, 2.24) is 14.9 Å². The quantitative estimate of drug-likeness (QED) is 0.570. The summed E-state index contributed by atoms with van der Waals surface area (Å²) in [4.78, 5) is 0. The summed E-state index contributed by atoms with van der Waals surface area (Å²) in [6.45, 7) is 2.03. The highest BCUT2D eigenvalue weighted by Crippen LogP contribution is 2.21. The summed E-state index contributed by atoms with van der Waals surface area (Å²) in [6, 6.07) is 15.4. The molecule has 6 heteroatoms. The predicted octanol–water partition coefficient (Wildman–Crippen LogP) is 4.45. The van der Waals surface area contributed by atoms with E-state index in [1.165, 1.54) is 0 Å². The van der Waals surface area contributed by atoms with Gasteiger partial charge in [-0.1, -0.05) is 48.0 Å². The molecule has 0 bridgehead atoms. The van der Waals surface area contributed by atoms with E-state index in [2.05, 4.69) is 15.3 Å². The van der Waals surface area contributed by atoms with Crippen molar-refractivity contribution in [1.29, 1.82) is 0 Å². The minimum atomic E-state index is 0.441. The zero-order valence-electron chi connectivity index (χ0n) is 11.8. The molecule has 0 amide bonds. The van der Waals surface area contributed by atoms with Crippen molar-refractivity contribution in [3.63, 3.8) is 0 Å². The lowest BCUT2D eigenvalue weighted by Gasteiger charge is -2.04. The third kappa shape index (κ3) is 3.00. The van der Waals surface area contributed by atoms with Gasteiger partial charge >= 0.3 is 0 Å². The van der Waals surface area contributed by atoms with E-state index >= 15 is 0 Å². The first kappa shape index (κ1) is 14.7. The minimum absolute atomic E-state index is 0.441. The first-order valence-electron chi connectivity index (χ1n) is 6.68. The summed E-state index contributed by atoms with van der Waals surface area (Å²) >= 11 is 11.2. The van der Waals surface area contributed by atoms with Crippen LogP contribution in [0.15, 0.2) is 53.6 Å². The maximum atomic E-state index is 5.98. The number of hydrogen-bond donors (Lipinski definition) is 1. The van der Waals surface area contributed by atoms with Crippen LogP contribution >= 0.6 is 23.8 Å². The first-order valence-corrected chi connectivity index (χ1v) is 7.47. The number of rotatable bonds is 3. The molecule has 0 aliphatic rings. The molecule has 22 heavy (non-hydrogen) atoms. The Morgan fingerprint density at radius 3 is 2.82 bits per heavy atom. The third-order valence-electron chi connectivity index (χ3n) is 3.21. The van der Waals surface area contributed by atoms with E-state index in [1.54, 1.807) is 10.9 Å². The van der Waals surface area contributed by atoms with Crippen molar-refractivity contribution in [3.05, 3.63) is 69.5 Å². The Hall–Kier alpha value is -2.24. The van der Waals surface area contributed by atoms with Gasteiger partial charge in [-0.05, 0) is 42.4 Å². The number of benzene rings is 2. The van der Waals surface area contributed by atoms with Crippen LogP contribution < -0.4 is 0 Å². The monoisotopic (exact) mass is 328 g/mol. The van der Waals surface area contributed by atoms with E-state index in [0.29, 0.717) is 15.6 Å².